The van der Waals surface area contributed by atoms with Crippen molar-refractivity contribution in [3.8, 4) is 5.75 Å². The summed E-state index contributed by atoms with van der Waals surface area (Å²) in [6, 6.07) is 12.5. The SMILES string of the molecule is CCc1ccc(OCc2ccc(NN)c([N+](=O)[O-])c2)cc1. The van der Waals surface area contributed by atoms with E-state index < -0.39 is 4.92 Å². The van der Waals surface area contributed by atoms with E-state index in [-0.39, 0.29) is 18.0 Å². The number of nitrogens with one attached hydrogen (secondary N) is 1. The fourth-order valence-corrected chi connectivity index (χ4v) is 1.93. The molecule has 0 fully saturated rings. The van der Waals surface area contributed by atoms with Gasteiger partial charge < -0.3 is 10.2 Å². The number of ether oxygens (including phenoxy) is 1. The van der Waals surface area contributed by atoms with Gasteiger partial charge in [0.1, 0.15) is 18.0 Å². The van der Waals surface area contributed by atoms with Crippen LogP contribution in [0.1, 0.15) is 18.1 Å². The lowest BCUT2D eigenvalue weighted by atomic mass is 10.1. The standard InChI is InChI=1S/C15H17N3O3/c1-2-11-3-6-13(7-4-11)21-10-12-5-8-14(17-16)15(9-12)18(19)20/h3-9,17H,2,10,16H2,1H3. The molecule has 2 aromatic rings. The Hall–Kier alpha value is -2.60. The third kappa shape index (κ3) is 3.70. The molecule has 110 valence electrons. The number of nitrogen functional groups attached to an aromatic ring is 1. The fourth-order valence-electron chi connectivity index (χ4n) is 1.93. The molecule has 6 nitrogen and oxygen atoms in total. The number of nitrogens with two attached hydrogens (primary N) is 1. The van der Waals surface area contributed by atoms with E-state index in [1.165, 1.54) is 11.6 Å². The largest absolute Gasteiger partial charge is 0.489 e. The van der Waals surface area contributed by atoms with Gasteiger partial charge in [0.2, 0.25) is 0 Å². The molecule has 0 amide bonds. The molecule has 0 aliphatic carbocycles. The molecule has 0 radical (unpaired) electrons. The van der Waals surface area contributed by atoms with E-state index in [4.69, 9.17) is 10.6 Å². The molecule has 0 saturated carbocycles. The first kappa shape index (κ1) is 14.8. The fraction of sp³-hybridized carbons (Fsp3) is 0.200. The van der Waals surface area contributed by atoms with Crippen molar-refractivity contribution in [3.05, 3.63) is 63.7 Å². The smallest absolute Gasteiger partial charge is 0.294 e. The first-order chi connectivity index (χ1) is 10.1. The molecule has 0 saturated heterocycles. The van der Waals surface area contributed by atoms with E-state index in [1.807, 2.05) is 24.3 Å². The highest BCUT2D eigenvalue weighted by Gasteiger charge is 2.13. The number of rotatable bonds is 6. The van der Waals surface area contributed by atoms with Crippen molar-refractivity contribution in [1.29, 1.82) is 0 Å². The maximum Gasteiger partial charge on any atom is 0.294 e. The van der Waals surface area contributed by atoms with Crippen LogP contribution in [0.25, 0.3) is 0 Å². The number of anilines is 1. The predicted octanol–water partition coefficient (Wildman–Crippen LogP) is 3.02. The van der Waals surface area contributed by atoms with Crippen LogP contribution >= 0.6 is 0 Å². The number of hydrogen-bond donors (Lipinski definition) is 2. The van der Waals surface area contributed by atoms with Crippen LogP contribution in [0.15, 0.2) is 42.5 Å². The Kier molecular flexibility index (Phi) is 4.73. The van der Waals surface area contributed by atoms with E-state index in [2.05, 4.69) is 12.3 Å². The van der Waals surface area contributed by atoms with Gasteiger partial charge in [-0.15, -0.1) is 0 Å². The van der Waals surface area contributed by atoms with Gasteiger partial charge in [-0.25, -0.2) is 0 Å². The Labute approximate surface area is 122 Å². The monoisotopic (exact) mass is 287 g/mol. The van der Waals surface area contributed by atoms with Crippen LogP contribution in [0.3, 0.4) is 0 Å². The van der Waals surface area contributed by atoms with Gasteiger partial charge in [-0.1, -0.05) is 25.1 Å². The quantitative estimate of drug-likeness (QED) is 0.484. The zero-order valence-electron chi connectivity index (χ0n) is 11.7. The molecule has 0 aliphatic rings. The molecule has 0 unspecified atom stereocenters. The van der Waals surface area contributed by atoms with Gasteiger partial charge in [0.25, 0.3) is 5.69 Å². The van der Waals surface area contributed by atoms with Crippen LogP contribution in [0.2, 0.25) is 0 Å². The maximum absolute atomic E-state index is 10.9. The number of aryl methyl sites for hydroxylation is 1. The number of benzene rings is 2. The molecule has 2 aromatic carbocycles. The second kappa shape index (κ2) is 6.71. The molecule has 0 bridgehead atoms. The van der Waals surface area contributed by atoms with Crippen molar-refractivity contribution < 1.29 is 9.66 Å². The van der Waals surface area contributed by atoms with Gasteiger partial charge in [-0.2, -0.15) is 0 Å². The van der Waals surface area contributed by atoms with E-state index in [0.29, 0.717) is 5.56 Å². The number of nitro benzene ring substituents is 1. The highest BCUT2D eigenvalue weighted by Crippen LogP contribution is 2.25. The van der Waals surface area contributed by atoms with Gasteiger partial charge in [0.15, 0.2) is 0 Å². The van der Waals surface area contributed by atoms with Gasteiger partial charge >= 0.3 is 0 Å². The van der Waals surface area contributed by atoms with Gasteiger partial charge in [0, 0.05) is 6.07 Å². The lowest BCUT2D eigenvalue weighted by Crippen LogP contribution is -2.09. The van der Waals surface area contributed by atoms with Crippen molar-refractivity contribution in [3.63, 3.8) is 0 Å². The molecule has 21 heavy (non-hydrogen) atoms. The zero-order chi connectivity index (χ0) is 15.2. The zero-order valence-corrected chi connectivity index (χ0v) is 11.7. The summed E-state index contributed by atoms with van der Waals surface area (Å²) in [4.78, 5) is 10.5. The molecule has 6 heteroatoms. The Morgan fingerprint density at radius 3 is 2.43 bits per heavy atom. The molecule has 2 rings (SSSR count). The number of hydrazine groups is 1. The van der Waals surface area contributed by atoms with Crippen molar-refractivity contribution in [2.45, 2.75) is 20.0 Å². The summed E-state index contributed by atoms with van der Waals surface area (Å²) in [5.41, 5.74) is 4.45. The van der Waals surface area contributed by atoms with Crippen molar-refractivity contribution in [2.75, 3.05) is 5.43 Å². The Morgan fingerprint density at radius 1 is 1.19 bits per heavy atom. The summed E-state index contributed by atoms with van der Waals surface area (Å²) < 4.78 is 5.63. The second-order valence-corrected chi connectivity index (χ2v) is 4.54. The minimum absolute atomic E-state index is 0.0695. The summed E-state index contributed by atoms with van der Waals surface area (Å²) in [7, 11) is 0. The van der Waals surface area contributed by atoms with E-state index in [1.54, 1.807) is 12.1 Å². The van der Waals surface area contributed by atoms with Crippen LogP contribution < -0.4 is 16.0 Å². The lowest BCUT2D eigenvalue weighted by molar-refractivity contribution is -0.384. The molecule has 0 spiro atoms. The molecule has 0 aromatic heterocycles. The minimum Gasteiger partial charge on any atom is -0.489 e. The maximum atomic E-state index is 10.9. The van der Waals surface area contributed by atoms with Crippen LogP contribution in [0.5, 0.6) is 5.75 Å². The van der Waals surface area contributed by atoms with E-state index in [9.17, 15) is 10.1 Å². The highest BCUT2D eigenvalue weighted by molar-refractivity contribution is 5.61. The third-order valence-corrected chi connectivity index (χ3v) is 3.15. The summed E-state index contributed by atoms with van der Waals surface area (Å²) in [5.74, 6) is 5.98. The van der Waals surface area contributed by atoms with Crippen LogP contribution in [-0.2, 0) is 13.0 Å². The first-order valence-electron chi connectivity index (χ1n) is 6.59. The normalized spacial score (nSPS) is 10.2. The molecule has 0 heterocycles. The summed E-state index contributed by atoms with van der Waals surface area (Å²) in [6.45, 7) is 2.35. The van der Waals surface area contributed by atoms with Crippen LogP contribution in [0.4, 0.5) is 11.4 Å². The molecule has 0 aliphatic heterocycles. The van der Waals surface area contributed by atoms with Gasteiger partial charge in [0.05, 0.1) is 4.92 Å². The van der Waals surface area contributed by atoms with Gasteiger partial charge in [-0.3, -0.25) is 16.0 Å². The van der Waals surface area contributed by atoms with Crippen molar-refractivity contribution >= 4 is 11.4 Å². The number of nitro groups is 1. The highest BCUT2D eigenvalue weighted by atomic mass is 16.6. The minimum atomic E-state index is -0.477. The molecular weight excluding hydrogens is 270 g/mol. The third-order valence-electron chi connectivity index (χ3n) is 3.15. The molecule has 3 N–H and O–H groups in total. The Morgan fingerprint density at radius 2 is 1.86 bits per heavy atom. The van der Waals surface area contributed by atoms with E-state index in [0.717, 1.165) is 12.2 Å². The second-order valence-electron chi connectivity index (χ2n) is 4.54. The topological polar surface area (TPSA) is 90.4 Å². The average Bonchev–Trinajstić information content (AvgIpc) is 2.53. The number of hydrogen-bond acceptors (Lipinski definition) is 5. The van der Waals surface area contributed by atoms with E-state index >= 15 is 0 Å². The number of nitrogens with zero attached hydrogens (tertiary/aromatic N) is 1. The summed E-state index contributed by atoms with van der Waals surface area (Å²) >= 11 is 0. The predicted molar refractivity (Wildman–Crippen MR) is 81.1 cm³/mol. The van der Waals surface area contributed by atoms with Crippen LogP contribution in [0, 0.1) is 10.1 Å². The van der Waals surface area contributed by atoms with Crippen molar-refractivity contribution in [1.82, 2.24) is 0 Å². The van der Waals surface area contributed by atoms with Crippen LogP contribution in [-0.4, -0.2) is 4.92 Å². The average molecular weight is 287 g/mol. The van der Waals surface area contributed by atoms with Crippen molar-refractivity contribution in [2.24, 2.45) is 5.84 Å². The Balaban J connectivity index is 2.08. The Bertz CT molecular complexity index is 627. The summed E-state index contributed by atoms with van der Waals surface area (Å²) in [6.07, 6.45) is 0.972. The molecular formula is C15H17N3O3. The lowest BCUT2D eigenvalue weighted by Gasteiger charge is -2.08. The first-order valence-corrected chi connectivity index (χ1v) is 6.59. The molecule has 0 atom stereocenters. The summed E-state index contributed by atoms with van der Waals surface area (Å²) in [5, 5.41) is 10.9. The van der Waals surface area contributed by atoms with Gasteiger partial charge in [-0.05, 0) is 35.7 Å².